The lowest BCUT2D eigenvalue weighted by molar-refractivity contribution is -0.121. The molecule has 3 aromatic carbocycles. The van der Waals surface area contributed by atoms with Gasteiger partial charge in [-0.2, -0.15) is 0 Å². The molecule has 0 aliphatic rings. The highest BCUT2D eigenvalue weighted by atomic mass is 32.2. The smallest absolute Gasteiger partial charge is 0.265 e. The molecule has 33 heavy (non-hydrogen) atoms. The van der Waals surface area contributed by atoms with Gasteiger partial charge >= 0.3 is 0 Å². The number of nitrogens with zero attached hydrogens (tertiary/aromatic N) is 4. The molecule has 0 saturated heterocycles. The second kappa shape index (κ2) is 9.27. The Morgan fingerprint density at radius 3 is 2.39 bits per heavy atom. The fourth-order valence-electron chi connectivity index (χ4n) is 2.89. The predicted octanol–water partition coefficient (Wildman–Crippen LogP) is 2.54. The van der Waals surface area contributed by atoms with E-state index < -0.39 is 15.9 Å². The number of carbonyl (C=O) groups excluding carboxylic acids is 1. The van der Waals surface area contributed by atoms with Gasteiger partial charge in [0.2, 0.25) is 10.0 Å². The van der Waals surface area contributed by atoms with E-state index in [0.29, 0.717) is 28.2 Å². The van der Waals surface area contributed by atoms with Gasteiger partial charge in [0.05, 0.1) is 4.90 Å². The molecule has 0 aliphatic heterocycles. The van der Waals surface area contributed by atoms with E-state index >= 15 is 0 Å². The Morgan fingerprint density at radius 1 is 1.00 bits per heavy atom. The number of hydrogen-bond acceptors (Lipinski definition) is 7. The molecule has 0 bridgehead atoms. The third kappa shape index (κ3) is 5.10. The maximum atomic E-state index is 12.4. The number of para-hydroxylation sites is 1. The van der Waals surface area contributed by atoms with Gasteiger partial charge in [0.25, 0.3) is 5.91 Å². The van der Waals surface area contributed by atoms with Crippen LogP contribution in [0.2, 0.25) is 0 Å². The number of amides is 1. The number of ether oxygens (including phenoxy) is 1. The van der Waals surface area contributed by atoms with Crippen LogP contribution in [0.15, 0.2) is 77.7 Å². The molecule has 4 rings (SSSR count). The van der Waals surface area contributed by atoms with Crippen LogP contribution < -0.4 is 14.9 Å². The van der Waals surface area contributed by atoms with Crippen LogP contribution in [0.5, 0.6) is 11.5 Å². The number of carbonyl (C=O) groups is 1. The maximum absolute atomic E-state index is 12.4. The Kier molecular flexibility index (Phi) is 6.24. The highest BCUT2D eigenvalue weighted by Crippen LogP contribution is 2.23. The number of anilines is 1. The van der Waals surface area contributed by atoms with Crippen molar-refractivity contribution in [1.29, 1.82) is 0 Å². The summed E-state index contributed by atoms with van der Waals surface area (Å²) in [6.45, 7) is -0.356. The van der Waals surface area contributed by atoms with Crippen molar-refractivity contribution in [3.05, 3.63) is 72.8 Å². The van der Waals surface area contributed by atoms with E-state index in [9.17, 15) is 13.2 Å². The summed E-state index contributed by atoms with van der Waals surface area (Å²) in [6.07, 6.45) is 0. The third-order valence-electron chi connectivity index (χ3n) is 4.60. The van der Waals surface area contributed by atoms with Crippen LogP contribution in [0.25, 0.3) is 11.0 Å². The molecule has 4 aromatic rings. The molecule has 1 N–H and O–H groups in total. The molecule has 1 aromatic heterocycles. The van der Waals surface area contributed by atoms with Gasteiger partial charge in [-0.25, -0.2) is 12.7 Å². The van der Waals surface area contributed by atoms with Crippen molar-refractivity contribution in [3.8, 4) is 11.5 Å². The molecule has 0 fully saturated rings. The summed E-state index contributed by atoms with van der Waals surface area (Å²) in [5, 5.41) is 10.5. The molecule has 0 spiro atoms. The van der Waals surface area contributed by atoms with E-state index in [0.717, 1.165) is 9.15 Å². The molecule has 0 radical (unpaired) electrons. The normalized spacial score (nSPS) is 11.5. The molecular weight excluding hydrogens is 446 g/mol. The molecule has 170 valence electrons. The lowest BCUT2D eigenvalue weighted by atomic mass is 10.3. The zero-order chi connectivity index (χ0) is 23.4. The van der Waals surface area contributed by atoms with Crippen LogP contribution in [0.1, 0.15) is 0 Å². The Morgan fingerprint density at radius 2 is 1.70 bits per heavy atom. The summed E-state index contributed by atoms with van der Waals surface area (Å²) >= 11 is 0. The number of nitrogens with one attached hydrogen (secondary N) is 1. The Balaban J connectivity index is 1.39. The number of benzene rings is 3. The van der Waals surface area contributed by atoms with Crippen molar-refractivity contribution in [3.63, 3.8) is 0 Å². The summed E-state index contributed by atoms with van der Waals surface area (Å²) < 4.78 is 31.6. The number of aromatic nitrogens is 3. The summed E-state index contributed by atoms with van der Waals surface area (Å²) in [5.74, 6) is 0.921. The monoisotopic (exact) mass is 467 g/mol. The van der Waals surface area contributed by atoms with Gasteiger partial charge in [0.1, 0.15) is 22.5 Å². The summed E-state index contributed by atoms with van der Waals surface area (Å²) in [5.41, 5.74) is 1.32. The maximum Gasteiger partial charge on any atom is 0.265 e. The largest absolute Gasteiger partial charge is 0.457 e. The summed E-state index contributed by atoms with van der Waals surface area (Å²) in [4.78, 5) is 18.8. The highest BCUT2D eigenvalue weighted by Gasteiger charge is 2.19. The van der Waals surface area contributed by atoms with Gasteiger partial charge in [-0.05, 0) is 59.8 Å². The molecule has 10 nitrogen and oxygen atoms in total. The minimum absolute atomic E-state index is 0.0643. The van der Waals surface area contributed by atoms with Crippen LogP contribution in [0, 0.1) is 0 Å². The molecule has 11 heteroatoms. The van der Waals surface area contributed by atoms with Gasteiger partial charge in [0, 0.05) is 19.8 Å². The lowest BCUT2D eigenvalue weighted by Gasteiger charge is -2.11. The topological polar surface area (TPSA) is 116 Å². The van der Waals surface area contributed by atoms with Crippen molar-refractivity contribution < 1.29 is 22.8 Å². The van der Waals surface area contributed by atoms with Crippen LogP contribution in [-0.4, -0.2) is 54.5 Å². The number of hydrogen-bond donors (Lipinski definition) is 1. The molecule has 0 aliphatic carbocycles. The third-order valence-corrected chi connectivity index (χ3v) is 6.41. The zero-order valence-electron chi connectivity index (χ0n) is 17.9. The van der Waals surface area contributed by atoms with Crippen LogP contribution in [0.4, 0.5) is 5.69 Å². The predicted molar refractivity (Wildman–Crippen MR) is 121 cm³/mol. The van der Waals surface area contributed by atoms with Gasteiger partial charge in [-0.3, -0.25) is 4.79 Å². The standard InChI is InChI=1S/C22H21N5O5S/c1-26(2)33(29,30)19-12-13-20-21(14-19)27(25-24-20)31-15-22(28)23-16-8-10-18(11-9-16)32-17-6-4-3-5-7-17/h3-14H,15H2,1-2H3,(H,23,28). The SMILES string of the molecule is CN(C)S(=O)(=O)c1ccc2nnn(OCC(=O)Nc3ccc(Oc4ccccc4)cc3)c2c1. The average Bonchev–Trinajstić information content (AvgIpc) is 3.22. The molecule has 0 atom stereocenters. The minimum Gasteiger partial charge on any atom is -0.457 e. The van der Waals surface area contributed by atoms with Crippen molar-refractivity contribution in [2.45, 2.75) is 4.90 Å². The van der Waals surface area contributed by atoms with Crippen molar-refractivity contribution in [2.24, 2.45) is 0 Å². The second-order valence-corrected chi connectivity index (χ2v) is 9.31. The van der Waals surface area contributed by atoms with Gasteiger partial charge in [0.15, 0.2) is 6.61 Å². The first-order valence-corrected chi connectivity index (χ1v) is 11.3. The van der Waals surface area contributed by atoms with E-state index in [4.69, 9.17) is 9.57 Å². The first-order valence-electron chi connectivity index (χ1n) is 9.87. The Bertz CT molecular complexity index is 1370. The molecule has 0 unspecified atom stereocenters. The lowest BCUT2D eigenvalue weighted by Crippen LogP contribution is -2.26. The quantitative estimate of drug-likeness (QED) is 0.423. The van der Waals surface area contributed by atoms with E-state index in [1.807, 2.05) is 30.3 Å². The van der Waals surface area contributed by atoms with Crippen molar-refractivity contribution >= 4 is 32.7 Å². The van der Waals surface area contributed by atoms with Gasteiger partial charge < -0.3 is 14.9 Å². The van der Waals surface area contributed by atoms with Crippen LogP contribution in [0.3, 0.4) is 0 Å². The zero-order valence-corrected chi connectivity index (χ0v) is 18.7. The van der Waals surface area contributed by atoms with E-state index in [-0.39, 0.29) is 11.5 Å². The van der Waals surface area contributed by atoms with Gasteiger partial charge in [-0.15, -0.1) is 5.10 Å². The Hall–Kier alpha value is -3.96. The minimum atomic E-state index is -3.64. The van der Waals surface area contributed by atoms with Crippen molar-refractivity contribution in [2.75, 3.05) is 26.0 Å². The summed E-state index contributed by atoms with van der Waals surface area (Å²) in [7, 11) is -0.758. The Labute approximate surface area is 190 Å². The molecular formula is C22H21N5O5S. The molecule has 1 heterocycles. The highest BCUT2D eigenvalue weighted by molar-refractivity contribution is 7.89. The van der Waals surface area contributed by atoms with Crippen molar-refractivity contribution in [1.82, 2.24) is 19.5 Å². The van der Waals surface area contributed by atoms with Gasteiger partial charge in [-0.1, -0.05) is 23.0 Å². The fraction of sp³-hybridized carbons (Fsp3) is 0.136. The van der Waals surface area contributed by atoms with E-state index in [1.54, 1.807) is 24.3 Å². The number of sulfonamides is 1. The number of fused-ring (bicyclic) bond motifs is 1. The van der Waals surface area contributed by atoms with E-state index in [2.05, 4.69) is 15.6 Å². The number of rotatable bonds is 8. The van der Waals surface area contributed by atoms with E-state index in [1.165, 1.54) is 32.3 Å². The molecule has 0 saturated carbocycles. The molecule has 1 amide bonds. The first kappa shape index (κ1) is 22.2. The van der Waals surface area contributed by atoms with Crippen LogP contribution >= 0.6 is 0 Å². The second-order valence-electron chi connectivity index (χ2n) is 7.16. The first-order chi connectivity index (χ1) is 15.8. The average molecular weight is 468 g/mol. The summed E-state index contributed by atoms with van der Waals surface area (Å²) in [6, 6.07) is 20.6. The fourth-order valence-corrected chi connectivity index (χ4v) is 3.81. The van der Waals surface area contributed by atoms with Crippen LogP contribution in [-0.2, 0) is 14.8 Å².